The molecule has 0 saturated carbocycles. The van der Waals surface area contributed by atoms with Crippen molar-refractivity contribution < 1.29 is 10.2 Å². The Morgan fingerprint density at radius 3 is 2.57 bits per heavy atom. The molecule has 4 atom stereocenters. The van der Waals surface area contributed by atoms with Gasteiger partial charge in [-0.3, -0.25) is 4.90 Å². The highest BCUT2D eigenvalue weighted by molar-refractivity contribution is 4.83. The van der Waals surface area contributed by atoms with Crippen molar-refractivity contribution in [1.82, 2.24) is 4.90 Å². The van der Waals surface area contributed by atoms with Crippen LogP contribution in [0.2, 0.25) is 0 Å². The van der Waals surface area contributed by atoms with Crippen molar-refractivity contribution in [2.24, 2.45) is 5.92 Å². The lowest BCUT2D eigenvalue weighted by atomic mass is 9.91. The third kappa shape index (κ3) is 2.69. The number of nitrogens with zero attached hydrogens (tertiary/aromatic N) is 1. The molecule has 1 fully saturated rings. The van der Waals surface area contributed by atoms with Crippen molar-refractivity contribution in [2.45, 2.75) is 51.9 Å². The average Bonchev–Trinajstić information content (AvgIpc) is 2.17. The summed E-state index contributed by atoms with van der Waals surface area (Å²) in [5, 5.41) is 19.2. The molecular formula is C11H23NO2. The molecule has 0 aliphatic carbocycles. The van der Waals surface area contributed by atoms with Crippen LogP contribution in [0.1, 0.15) is 33.6 Å². The lowest BCUT2D eigenvalue weighted by molar-refractivity contribution is -0.0154. The average molecular weight is 201 g/mol. The quantitative estimate of drug-likeness (QED) is 0.711. The normalized spacial score (nSPS) is 34.1. The second kappa shape index (κ2) is 5.10. The van der Waals surface area contributed by atoms with Gasteiger partial charge in [-0.1, -0.05) is 6.92 Å². The number of aliphatic hydroxyl groups excluding tert-OH is 2. The molecule has 14 heavy (non-hydrogen) atoms. The summed E-state index contributed by atoms with van der Waals surface area (Å²) in [4.78, 5) is 2.28. The minimum Gasteiger partial charge on any atom is -0.393 e. The SMILES string of the molecule is CCC1CN(C(C)C(C)O)CCC1O. The highest BCUT2D eigenvalue weighted by atomic mass is 16.3. The van der Waals surface area contributed by atoms with Crippen molar-refractivity contribution in [3.05, 3.63) is 0 Å². The topological polar surface area (TPSA) is 43.7 Å². The molecule has 0 aromatic carbocycles. The van der Waals surface area contributed by atoms with Crippen LogP contribution in [0.15, 0.2) is 0 Å². The summed E-state index contributed by atoms with van der Waals surface area (Å²) in [6, 6.07) is 0.205. The first kappa shape index (κ1) is 12.0. The molecule has 4 unspecified atom stereocenters. The van der Waals surface area contributed by atoms with Crippen molar-refractivity contribution in [1.29, 1.82) is 0 Å². The standard InChI is InChI=1S/C11H23NO2/c1-4-10-7-12(6-5-11(10)14)8(2)9(3)13/h8-11,13-14H,4-7H2,1-3H3. The summed E-state index contributed by atoms with van der Waals surface area (Å²) in [6.07, 6.45) is 1.43. The molecule has 0 aromatic rings. The maximum Gasteiger partial charge on any atom is 0.0664 e. The first-order valence-electron chi connectivity index (χ1n) is 5.66. The van der Waals surface area contributed by atoms with Crippen molar-refractivity contribution in [2.75, 3.05) is 13.1 Å². The molecule has 0 radical (unpaired) electrons. The predicted octanol–water partition coefficient (Wildman–Crippen LogP) is 0.848. The summed E-state index contributed by atoms with van der Waals surface area (Å²) in [5.74, 6) is 0.380. The number of hydrogen-bond donors (Lipinski definition) is 2. The zero-order valence-electron chi connectivity index (χ0n) is 9.48. The monoisotopic (exact) mass is 201 g/mol. The van der Waals surface area contributed by atoms with E-state index in [9.17, 15) is 10.2 Å². The van der Waals surface area contributed by atoms with E-state index in [1.165, 1.54) is 0 Å². The van der Waals surface area contributed by atoms with Gasteiger partial charge >= 0.3 is 0 Å². The fourth-order valence-corrected chi connectivity index (χ4v) is 2.12. The minimum atomic E-state index is -0.289. The predicted molar refractivity (Wildman–Crippen MR) is 57.1 cm³/mol. The highest BCUT2D eigenvalue weighted by Crippen LogP contribution is 2.22. The van der Waals surface area contributed by atoms with Crippen LogP contribution < -0.4 is 0 Å². The Morgan fingerprint density at radius 1 is 1.43 bits per heavy atom. The van der Waals surface area contributed by atoms with E-state index in [0.717, 1.165) is 25.9 Å². The maximum absolute atomic E-state index is 9.72. The van der Waals surface area contributed by atoms with E-state index in [0.29, 0.717) is 5.92 Å². The molecule has 0 spiro atoms. The van der Waals surface area contributed by atoms with Gasteiger partial charge in [0.2, 0.25) is 0 Å². The van der Waals surface area contributed by atoms with Crippen LogP contribution in [-0.2, 0) is 0 Å². The van der Waals surface area contributed by atoms with Gasteiger partial charge in [-0.05, 0) is 32.6 Å². The first-order valence-corrected chi connectivity index (χ1v) is 5.66. The van der Waals surface area contributed by atoms with Gasteiger partial charge in [0, 0.05) is 19.1 Å². The second-order valence-electron chi connectivity index (χ2n) is 4.50. The lowest BCUT2D eigenvalue weighted by Crippen LogP contribution is -2.49. The maximum atomic E-state index is 9.72. The lowest BCUT2D eigenvalue weighted by Gasteiger charge is -2.40. The smallest absolute Gasteiger partial charge is 0.0664 e. The molecule has 1 heterocycles. The van der Waals surface area contributed by atoms with Gasteiger partial charge in [-0.15, -0.1) is 0 Å². The number of rotatable bonds is 3. The van der Waals surface area contributed by atoms with Crippen LogP contribution in [0.5, 0.6) is 0 Å². The summed E-state index contributed by atoms with van der Waals surface area (Å²) < 4.78 is 0. The summed E-state index contributed by atoms with van der Waals surface area (Å²) >= 11 is 0. The van der Waals surface area contributed by atoms with E-state index in [2.05, 4.69) is 18.7 Å². The van der Waals surface area contributed by atoms with Crippen LogP contribution in [0.3, 0.4) is 0 Å². The molecule has 1 aliphatic heterocycles. The zero-order chi connectivity index (χ0) is 10.7. The van der Waals surface area contributed by atoms with Crippen LogP contribution in [0.25, 0.3) is 0 Å². The minimum absolute atomic E-state index is 0.141. The molecule has 0 amide bonds. The third-order valence-electron chi connectivity index (χ3n) is 3.52. The molecule has 84 valence electrons. The Labute approximate surface area is 86.7 Å². The largest absolute Gasteiger partial charge is 0.393 e. The fraction of sp³-hybridized carbons (Fsp3) is 1.00. The Hall–Kier alpha value is -0.120. The van der Waals surface area contributed by atoms with E-state index in [1.54, 1.807) is 0 Å². The molecule has 0 bridgehead atoms. The van der Waals surface area contributed by atoms with E-state index in [-0.39, 0.29) is 18.2 Å². The Balaban J connectivity index is 2.49. The zero-order valence-corrected chi connectivity index (χ0v) is 9.48. The summed E-state index contributed by atoms with van der Waals surface area (Å²) in [5.41, 5.74) is 0. The van der Waals surface area contributed by atoms with Crippen molar-refractivity contribution in [3.63, 3.8) is 0 Å². The molecule has 3 heteroatoms. The van der Waals surface area contributed by atoms with E-state index in [4.69, 9.17) is 0 Å². The summed E-state index contributed by atoms with van der Waals surface area (Å²) in [6.45, 7) is 7.82. The van der Waals surface area contributed by atoms with Gasteiger partial charge in [-0.25, -0.2) is 0 Å². The van der Waals surface area contributed by atoms with Gasteiger partial charge < -0.3 is 10.2 Å². The van der Waals surface area contributed by atoms with Crippen LogP contribution >= 0.6 is 0 Å². The van der Waals surface area contributed by atoms with Crippen molar-refractivity contribution >= 4 is 0 Å². The van der Waals surface area contributed by atoms with Gasteiger partial charge in [0.1, 0.15) is 0 Å². The number of likely N-dealkylation sites (tertiary alicyclic amines) is 1. The van der Waals surface area contributed by atoms with E-state index in [1.807, 2.05) is 6.92 Å². The summed E-state index contributed by atoms with van der Waals surface area (Å²) in [7, 11) is 0. The van der Waals surface area contributed by atoms with Crippen LogP contribution in [-0.4, -0.2) is 46.5 Å². The molecule has 1 aliphatic rings. The van der Waals surface area contributed by atoms with Gasteiger partial charge in [-0.2, -0.15) is 0 Å². The van der Waals surface area contributed by atoms with Crippen LogP contribution in [0.4, 0.5) is 0 Å². The molecule has 3 nitrogen and oxygen atoms in total. The Bertz CT molecular complexity index is 173. The van der Waals surface area contributed by atoms with E-state index < -0.39 is 0 Å². The molecule has 1 saturated heterocycles. The number of hydrogen-bond acceptors (Lipinski definition) is 3. The number of piperidine rings is 1. The third-order valence-corrected chi connectivity index (χ3v) is 3.52. The Morgan fingerprint density at radius 2 is 2.07 bits per heavy atom. The molecular weight excluding hydrogens is 178 g/mol. The molecule has 0 aromatic heterocycles. The Kier molecular flexibility index (Phi) is 4.35. The second-order valence-corrected chi connectivity index (χ2v) is 4.50. The fourth-order valence-electron chi connectivity index (χ4n) is 2.12. The number of aliphatic hydroxyl groups is 2. The van der Waals surface area contributed by atoms with Crippen LogP contribution in [0, 0.1) is 5.92 Å². The van der Waals surface area contributed by atoms with Crippen molar-refractivity contribution in [3.8, 4) is 0 Å². The first-order chi connectivity index (χ1) is 6.56. The molecule has 1 rings (SSSR count). The highest BCUT2D eigenvalue weighted by Gasteiger charge is 2.29. The van der Waals surface area contributed by atoms with Gasteiger partial charge in [0.05, 0.1) is 12.2 Å². The van der Waals surface area contributed by atoms with Gasteiger partial charge in [0.15, 0.2) is 0 Å². The van der Waals surface area contributed by atoms with E-state index >= 15 is 0 Å². The molecule has 2 N–H and O–H groups in total. The van der Waals surface area contributed by atoms with Gasteiger partial charge in [0.25, 0.3) is 0 Å².